The summed E-state index contributed by atoms with van der Waals surface area (Å²) >= 11 is 0. The molecular formula is C17H37NO. The molecule has 19 heavy (non-hydrogen) atoms. The minimum Gasteiger partial charge on any atom is -0.314 e. The number of unbranched alkanes of at least 4 members (excludes halogenated alkanes) is 11. The molecular weight excluding hydrogens is 234 g/mol. The standard InChI is InChI=1S/C17H37NO/c1-4-5-6-7-8-9-10-11-12-13-14-15-16-18(19)17(2)3/h17,19H,4-16H2,1-3H3. The van der Waals surface area contributed by atoms with Crippen LogP contribution in [0.5, 0.6) is 0 Å². The maximum atomic E-state index is 9.52. The highest BCUT2D eigenvalue weighted by Crippen LogP contribution is 2.12. The highest BCUT2D eigenvalue weighted by Gasteiger charge is 2.03. The summed E-state index contributed by atoms with van der Waals surface area (Å²) in [4.78, 5) is 0. The van der Waals surface area contributed by atoms with Crippen LogP contribution in [-0.4, -0.2) is 22.9 Å². The van der Waals surface area contributed by atoms with E-state index in [1.807, 2.05) is 13.8 Å². The van der Waals surface area contributed by atoms with Gasteiger partial charge in [-0.3, -0.25) is 0 Å². The van der Waals surface area contributed by atoms with Crippen molar-refractivity contribution in [3.05, 3.63) is 0 Å². The molecule has 116 valence electrons. The molecule has 0 aliphatic rings. The van der Waals surface area contributed by atoms with Gasteiger partial charge in [-0.15, -0.1) is 0 Å². The summed E-state index contributed by atoms with van der Waals surface area (Å²) in [6.07, 6.45) is 16.4. The smallest absolute Gasteiger partial charge is 0.0293 e. The zero-order valence-electron chi connectivity index (χ0n) is 13.7. The summed E-state index contributed by atoms with van der Waals surface area (Å²) < 4.78 is 0. The van der Waals surface area contributed by atoms with Gasteiger partial charge in [0.05, 0.1) is 0 Å². The highest BCUT2D eigenvalue weighted by molar-refractivity contribution is 4.53. The van der Waals surface area contributed by atoms with Crippen LogP contribution in [0.1, 0.15) is 97.8 Å². The Bertz CT molecular complexity index is 171. The SMILES string of the molecule is CCCCCCCCCCCCCCN(O)C(C)C. The number of hydrogen-bond acceptors (Lipinski definition) is 2. The van der Waals surface area contributed by atoms with Gasteiger partial charge in [-0.2, -0.15) is 5.06 Å². The summed E-state index contributed by atoms with van der Waals surface area (Å²) in [7, 11) is 0. The molecule has 0 spiro atoms. The second-order valence-corrected chi connectivity index (χ2v) is 6.15. The number of hydrogen-bond donors (Lipinski definition) is 1. The van der Waals surface area contributed by atoms with Crippen molar-refractivity contribution < 1.29 is 5.21 Å². The average molecular weight is 271 g/mol. The predicted octanol–water partition coefficient (Wildman–Crippen LogP) is 5.79. The molecule has 0 bridgehead atoms. The average Bonchev–Trinajstić information content (AvgIpc) is 2.39. The van der Waals surface area contributed by atoms with Crippen molar-refractivity contribution in [3.63, 3.8) is 0 Å². The second-order valence-electron chi connectivity index (χ2n) is 6.15. The molecule has 0 unspecified atom stereocenters. The maximum Gasteiger partial charge on any atom is 0.0293 e. The van der Waals surface area contributed by atoms with Crippen molar-refractivity contribution in [1.82, 2.24) is 5.06 Å². The van der Waals surface area contributed by atoms with Crippen LogP contribution in [-0.2, 0) is 0 Å². The summed E-state index contributed by atoms with van der Waals surface area (Å²) in [5.74, 6) is 0. The van der Waals surface area contributed by atoms with E-state index in [4.69, 9.17) is 0 Å². The summed E-state index contributed by atoms with van der Waals surface area (Å²) in [6.45, 7) is 7.16. The van der Waals surface area contributed by atoms with E-state index in [1.165, 1.54) is 75.7 Å². The van der Waals surface area contributed by atoms with Gasteiger partial charge in [0.1, 0.15) is 0 Å². The molecule has 0 aliphatic heterocycles. The normalized spacial score (nSPS) is 11.7. The lowest BCUT2D eigenvalue weighted by atomic mass is 10.1. The molecule has 0 amide bonds. The first kappa shape index (κ1) is 18.9. The van der Waals surface area contributed by atoms with Crippen LogP contribution in [0.15, 0.2) is 0 Å². The maximum absolute atomic E-state index is 9.52. The predicted molar refractivity (Wildman–Crippen MR) is 84.7 cm³/mol. The van der Waals surface area contributed by atoms with E-state index < -0.39 is 0 Å². The van der Waals surface area contributed by atoms with Crippen LogP contribution in [0.4, 0.5) is 0 Å². The molecule has 0 heterocycles. The molecule has 2 heteroatoms. The number of hydroxylamine groups is 2. The Morgan fingerprint density at radius 3 is 1.42 bits per heavy atom. The first-order chi connectivity index (χ1) is 9.18. The third-order valence-corrected chi connectivity index (χ3v) is 3.84. The van der Waals surface area contributed by atoms with Gasteiger partial charge in [-0.1, -0.05) is 77.6 Å². The molecule has 0 rings (SSSR count). The first-order valence-corrected chi connectivity index (χ1v) is 8.64. The van der Waals surface area contributed by atoms with Crippen LogP contribution in [0.25, 0.3) is 0 Å². The zero-order valence-corrected chi connectivity index (χ0v) is 13.7. The molecule has 0 aromatic rings. The molecule has 1 N–H and O–H groups in total. The Balaban J connectivity index is 3.03. The summed E-state index contributed by atoms with van der Waals surface area (Å²) in [5.41, 5.74) is 0. The van der Waals surface area contributed by atoms with Crippen LogP contribution < -0.4 is 0 Å². The van der Waals surface area contributed by atoms with E-state index in [0.29, 0.717) is 0 Å². The van der Waals surface area contributed by atoms with E-state index in [0.717, 1.165) is 13.0 Å². The lowest BCUT2D eigenvalue weighted by molar-refractivity contribution is -0.117. The van der Waals surface area contributed by atoms with Crippen molar-refractivity contribution in [2.45, 2.75) is 104 Å². The van der Waals surface area contributed by atoms with Gasteiger partial charge in [0.25, 0.3) is 0 Å². The number of nitrogens with zero attached hydrogens (tertiary/aromatic N) is 1. The number of rotatable bonds is 14. The van der Waals surface area contributed by atoms with Crippen LogP contribution in [0, 0.1) is 0 Å². The summed E-state index contributed by atoms with van der Waals surface area (Å²) in [5, 5.41) is 11.0. The highest BCUT2D eigenvalue weighted by atomic mass is 16.5. The van der Waals surface area contributed by atoms with Gasteiger partial charge in [0, 0.05) is 12.6 Å². The van der Waals surface area contributed by atoms with E-state index in [1.54, 1.807) is 0 Å². The van der Waals surface area contributed by atoms with E-state index in [-0.39, 0.29) is 6.04 Å². The molecule has 0 saturated carbocycles. The minimum absolute atomic E-state index is 0.257. The van der Waals surface area contributed by atoms with Crippen molar-refractivity contribution in [2.24, 2.45) is 0 Å². The fourth-order valence-corrected chi connectivity index (χ4v) is 2.37. The molecule has 0 atom stereocenters. The van der Waals surface area contributed by atoms with Crippen molar-refractivity contribution in [1.29, 1.82) is 0 Å². The molecule has 0 fully saturated rings. The lowest BCUT2D eigenvalue weighted by Gasteiger charge is -2.18. The van der Waals surface area contributed by atoms with E-state index in [2.05, 4.69) is 6.92 Å². The van der Waals surface area contributed by atoms with Crippen molar-refractivity contribution in [2.75, 3.05) is 6.54 Å². The van der Waals surface area contributed by atoms with Gasteiger partial charge >= 0.3 is 0 Å². The van der Waals surface area contributed by atoms with Crippen LogP contribution in [0.2, 0.25) is 0 Å². The second kappa shape index (κ2) is 14.3. The van der Waals surface area contributed by atoms with Crippen molar-refractivity contribution in [3.8, 4) is 0 Å². The Hall–Kier alpha value is -0.0800. The summed E-state index contributed by atoms with van der Waals surface area (Å²) in [6, 6.07) is 0.257. The Morgan fingerprint density at radius 2 is 1.05 bits per heavy atom. The quantitative estimate of drug-likeness (QED) is 0.319. The van der Waals surface area contributed by atoms with E-state index in [9.17, 15) is 5.21 Å². The van der Waals surface area contributed by atoms with Gasteiger partial charge < -0.3 is 5.21 Å². The topological polar surface area (TPSA) is 23.5 Å². The molecule has 0 aromatic heterocycles. The van der Waals surface area contributed by atoms with Gasteiger partial charge in [-0.25, -0.2) is 0 Å². The van der Waals surface area contributed by atoms with Crippen molar-refractivity contribution >= 4 is 0 Å². The molecule has 2 nitrogen and oxygen atoms in total. The van der Waals surface area contributed by atoms with Gasteiger partial charge in [0.2, 0.25) is 0 Å². The van der Waals surface area contributed by atoms with E-state index >= 15 is 0 Å². The first-order valence-electron chi connectivity index (χ1n) is 8.64. The molecule has 0 saturated heterocycles. The monoisotopic (exact) mass is 271 g/mol. The van der Waals surface area contributed by atoms with Crippen LogP contribution >= 0.6 is 0 Å². The van der Waals surface area contributed by atoms with Gasteiger partial charge in [0.15, 0.2) is 0 Å². The fourth-order valence-electron chi connectivity index (χ4n) is 2.37. The largest absolute Gasteiger partial charge is 0.314 e. The fraction of sp³-hybridized carbons (Fsp3) is 1.00. The minimum atomic E-state index is 0.257. The molecule has 0 aliphatic carbocycles. The molecule has 0 aromatic carbocycles. The van der Waals surface area contributed by atoms with Gasteiger partial charge in [-0.05, 0) is 20.3 Å². The Morgan fingerprint density at radius 1 is 0.684 bits per heavy atom. The Labute approximate surface area is 121 Å². The third kappa shape index (κ3) is 14.1. The third-order valence-electron chi connectivity index (χ3n) is 3.84. The Kier molecular flexibility index (Phi) is 14.3. The van der Waals surface area contributed by atoms with Crippen LogP contribution in [0.3, 0.4) is 0 Å². The molecule has 0 radical (unpaired) electrons. The lowest BCUT2D eigenvalue weighted by Crippen LogP contribution is -2.27. The zero-order chi connectivity index (χ0) is 14.3.